The lowest BCUT2D eigenvalue weighted by Crippen LogP contribution is -2.30. The van der Waals surface area contributed by atoms with Crippen LogP contribution in [0.4, 0.5) is 0 Å². The van der Waals surface area contributed by atoms with E-state index >= 15 is 0 Å². The Labute approximate surface area is 492 Å². The zero-order valence-electron chi connectivity index (χ0n) is 52.1. The molecule has 3 atom stereocenters. The molecule has 2 N–H and O–H groups in total. The van der Waals surface area contributed by atoms with Crippen molar-refractivity contribution in [1.82, 2.24) is 0 Å². The van der Waals surface area contributed by atoms with Crippen LogP contribution < -0.4 is 0 Å². The van der Waals surface area contributed by atoms with Crippen LogP contribution in [0.1, 0.15) is 329 Å². The van der Waals surface area contributed by atoms with Crippen LogP contribution >= 0.6 is 7.82 Å². The second-order valence-electron chi connectivity index (χ2n) is 22.6. The Kier molecular flexibility index (Phi) is 60.5. The fraction of sp³-hybridized carbons (Fsp3) is 0.838. The molecular weight excluding hydrogens is 1020 g/mol. The van der Waals surface area contributed by atoms with Crippen LogP contribution in [0.25, 0.3) is 0 Å². The molecule has 12 heteroatoms. The molecule has 0 aliphatic rings. The van der Waals surface area contributed by atoms with E-state index in [0.717, 1.165) is 89.9 Å². The summed E-state index contributed by atoms with van der Waals surface area (Å²) in [5.41, 5.74) is 0. The molecule has 0 spiro atoms. The summed E-state index contributed by atoms with van der Waals surface area (Å²) < 4.78 is 39.7. The van der Waals surface area contributed by atoms with Gasteiger partial charge in [-0.2, -0.15) is 0 Å². The van der Waals surface area contributed by atoms with Crippen LogP contribution in [0.2, 0.25) is 0 Å². The lowest BCUT2D eigenvalue weighted by molar-refractivity contribution is -0.161. The second-order valence-corrected chi connectivity index (χ2v) is 24.1. The molecule has 0 aromatic heterocycles. The third-order valence-electron chi connectivity index (χ3n) is 14.7. The summed E-state index contributed by atoms with van der Waals surface area (Å²) in [5.74, 6) is -1.46. The van der Waals surface area contributed by atoms with Crippen LogP contribution in [0, 0.1) is 0 Å². The molecule has 0 saturated heterocycles. The number of hydrogen-bond acceptors (Lipinski definition) is 10. The van der Waals surface area contributed by atoms with Crippen LogP contribution in [-0.2, 0) is 42.2 Å². The predicted octanol–water partition coefficient (Wildman–Crippen LogP) is 20.5. The Hall–Kier alpha value is -2.56. The maximum atomic E-state index is 13.0. The van der Waals surface area contributed by atoms with Crippen molar-refractivity contribution in [3.05, 3.63) is 48.6 Å². The number of ether oxygens (including phenoxy) is 3. The lowest BCUT2D eigenvalue weighted by atomic mass is 10.0. The molecule has 468 valence electrons. The molecule has 0 saturated carbocycles. The monoisotopic (exact) mass is 1150 g/mol. The van der Waals surface area contributed by atoms with Crippen molar-refractivity contribution in [3.8, 4) is 0 Å². The van der Waals surface area contributed by atoms with Crippen molar-refractivity contribution in [2.75, 3.05) is 26.4 Å². The van der Waals surface area contributed by atoms with E-state index in [4.69, 9.17) is 23.3 Å². The SMILES string of the molecule is CC/C=C\C/C=C\C/C=C\CCCCCCCC(=O)OCC(COP(=O)(O)OCC(CO)OC(=O)CCCCCCCCCCCCCCCCCCCCC)OC(=O)CCCCCCCCCCC/C=C\CCCCCCCC. The van der Waals surface area contributed by atoms with Crippen molar-refractivity contribution < 1.29 is 52.2 Å². The first-order valence-corrected chi connectivity index (χ1v) is 35.0. The van der Waals surface area contributed by atoms with Crippen molar-refractivity contribution in [2.45, 2.75) is 341 Å². The molecule has 0 aromatic rings. The van der Waals surface area contributed by atoms with Gasteiger partial charge in [-0.1, -0.05) is 281 Å². The van der Waals surface area contributed by atoms with E-state index in [1.54, 1.807) is 0 Å². The van der Waals surface area contributed by atoms with Gasteiger partial charge in [-0.25, -0.2) is 4.57 Å². The first-order chi connectivity index (χ1) is 39.2. The number of aliphatic hydroxyl groups is 1. The van der Waals surface area contributed by atoms with E-state index in [1.807, 2.05) is 0 Å². The maximum absolute atomic E-state index is 13.0. The van der Waals surface area contributed by atoms with Crippen LogP contribution in [0.15, 0.2) is 48.6 Å². The van der Waals surface area contributed by atoms with E-state index in [2.05, 4.69) is 69.4 Å². The summed E-state index contributed by atoms with van der Waals surface area (Å²) in [7, 11) is -4.76. The van der Waals surface area contributed by atoms with Gasteiger partial charge in [-0.15, -0.1) is 0 Å². The van der Waals surface area contributed by atoms with Crippen molar-refractivity contribution >= 4 is 25.7 Å². The first-order valence-electron chi connectivity index (χ1n) is 33.5. The Bertz CT molecular complexity index is 1530. The average molecular weight is 1150 g/mol. The molecule has 0 aromatic carbocycles. The molecule has 0 radical (unpaired) electrons. The minimum Gasteiger partial charge on any atom is -0.462 e. The third kappa shape index (κ3) is 60.0. The van der Waals surface area contributed by atoms with Gasteiger partial charge in [-0.3, -0.25) is 23.4 Å². The number of rotatable bonds is 63. The highest BCUT2D eigenvalue weighted by atomic mass is 31.2. The Morgan fingerprint density at radius 2 is 0.650 bits per heavy atom. The maximum Gasteiger partial charge on any atom is 0.472 e. The molecule has 0 aliphatic heterocycles. The van der Waals surface area contributed by atoms with Gasteiger partial charge in [0.2, 0.25) is 0 Å². The molecule has 80 heavy (non-hydrogen) atoms. The summed E-state index contributed by atoms with van der Waals surface area (Å²) in [5, 5.41) is 9.87. The summed E-state index contributed by atoms with van der Waals surface area (Å²) >= 11 is 0. The van der Waals surface area contributed by atoms with Gasteiger partial charge < -0.3 is 24.2 Å². The molecule has 3 unspecified atom stereocenters. The molecular formula is C68H125O11P. The first kappa shape index (κ1) is 77.4. The zero-order valence-corrected chi connectivity index (χ0v) is 53.0. The summed E-state index contributed by atoms with van der Waals surface area (Å²) in [6, 6.07) is 0. The average Bonchev–Trinajstić information content (AvgIpc) is 3.45. The fourth-order valence-corrected chi connectivity index (χ4v) is 10.4. The number of phosphoric ester groups is 1. The highest BCUT2D eigenvalue weighted by Gasteiger charge is 2.28. The Morgan fingerprint density at radius 3 is 1.01 bits per heavy atom. The van der Waals surface area contributed by atoms with E-state index < -0.39 is 57.8 Å². The van der Waals surface area contributed by atoms with Crippen molar-refractivity contribution in [2.24, 2.45) is 0 Å². The fourth-order valence-electron chi connectivity index (χ4n) is 9.66. The number of allylic oxidation sites excluding steroid dienone is 8. The van der Waals surface area contributed by atoms with E-state index in [-0.39, 0.29) is 25.9 Å². The number of aliphatic hydroxyl groups excluding tert-OH is 1. The van der Waals surface area contributed by atoms with Crippen LogP contribution in [-0.4, -0.2) is 66.5 Å². The number of phosphoric acid groups is 1. The zero-order chi connectivity index (χ0) is 58.3. The lowest BCUT2D eigenvalue weighted by Gasteiger charge is -2.21. The Morgan fingerprint density at radius 1 is 0.362 bits per heavy atom. The molecule has 11 nitrogen and oxygen atoms in total. The van der Waals surface area contributed by atoms with Gasteiger partial charge in [0.1, 0.15) is 12.7 Å². The summed E-state index contributed by atoms with van der Waals surface area (Å²) in [4.78, 5) is 48.8. The van der Waals surface area contributed by atoms with Crippen molar-refractivity contribution in [3.63, 3.8) is 0 Å². The van der Waals surface area contributed by atoms with Gasteiger partial charge in [0.15, 0.2) is 6.10 Å². The Balaban J connectivity index is 4.64. The normalized spacial score (nSPS) is 13.5. The number of esters is 3. The topological polar surface area (TPSA) is 155 Å². The smallest absolute Gasteiger partial charge is 0.462 e. The van der Waals surface area contributed by atoms with Gasteiger partial charge in [0, 0.05) is 19.3 Å². The molecule has 0 bridgehead atoms. The van der Waals surface area contributed by atoms with Crippen LogP contribution in [0.3, 0.4) is 0 Å². The molecule has 0 aliphatic carbocycles. The van der Waals surface area contributed by atoms with E-state index in [0.29, 0.717) is 19.3 Å². The van der Waals surface area contributed by atoms with Gasteiger partial charge in [-0.05, 0) is 77.0 Å². The summed E-state index contributed by atoms with van der Waals surface area (Å²) in [6.07, 6.45) is 69.2. The highest BCUT2D eigenvalue weighted by Crippen LogP contribution is 2.43. The third-order valence-corrected chi connectivity index (χ3v) is 15.7. The largest absolute Gasteiger partial charge is 0.472 e. The van der Waals surface area contributed by atoms with Gasteiger partial charge >= 0.3 is 25.7 Å². The molecule has 0 fully saturated rings. The highest BCUT2D eigenvalue weighted by molar-refractivity contribution is 7.47. The number of unbranched alkanes of at least 4 members (excludes halogenated alkanes) is 38. The number of hydrogen-bond donors (Lipinski definition) is 2. The minimum absolute atomic E-state index is 0.164. The van der Waals surface area contributed by atoms with Gasteiger partial charge in [0.05, 0.1) is 19.8 Å². The molecule has 0 rings (SSSR count). The molecule has 0 amide bonds. The number of carbonyl (C=O) groups is 3. The van der Waals surface area contributed by atoms with Gasteiger partial charge in [0.25, 0.3) is 0 Å². The van der Waals surface area contributed by atoms with E-state index in [1.165, 1.54) is 180 Å². The van der Waals surface area contributed by atoms with Crippen molar-refractivity contribution in [1.29, 1.82) is 0 Å². The van der Waals surface area contributed by atoms with E-state index in [9.17, 15) is 28.9 Å². The minimum atomic E-state index is -4.76. The quantitative estimate of drug-likeness (QED) is 0.0197. The molecule has 0 heterocycles. The second kappa shape index (κ2) is 62.5. The standard InChI is InChI=1S/C68H125O11P/c1-4-7-10-13-16-19-22-25-28-30-32-34-37-40-43-46-49-52-55-58-67(71)78-64(60-69)62-76-80(73,74)77-63-65(61-75-66(70)57-54-51-48-45-42-39-36-27-24-21-18-15-12-9-6-3)79-68(72)59-56-53-50-47-44-41-38-35-33-31-29-26-23-20-17-14-11-8-5-2/h9,12,18,21,26-27,29,36,64-65,69H,4-8,10-11,13-17,19-20,22-25,28,30-35,37-63H2,1-3H3,(H,73,74)/b12-9-,21-18-,29-26-,36-27-. The summed E-state index contributed by atoms with van der Waals surface area (Å²) in [6.45, 7) is 4.59. The predicted molar refractivity (Wildman–Crippen MR) is 335 cm³/mol. The number of carbonyl (C=O) groups excluding carboxylic acids is 3. The van der Waals surface area contributed by atoms with Crippen LogP contribution in [0.5, 0.6) is 0 Å².